The van der Waals surface area contributed by atoms with Crippen molar-refractivity contribution in [2.24, 2.45) is 53.3 Å². The molecular formula is C45H90O3. The molecule has 3 nitrogen and oxygen atoms in total. The van der Waals surface area contributed by atoms with Crippen LogP contribution in [0.3, 0.4) is 0 Å². The Morgan fingerprint density at radius 1 is 0.417 bits per heavy atom. The van der Waals surface area contributed by atoms with Crippen LogP contribution in [0.25, 0.3) is 0 Å². The lowest BCUT2D eigenvalue weighted by molar-refractivity contribution is -0.294. The van der Waals surface area contributed by atoms with Gasteiger partial charge in [-0.15, -0.1) is 0 Å². The van der Waals surface area contributed by atoms with Gasteiger partial charge >= 0.3 is 0 Å². The summed E-state index contributed by atoms with van der Waals surface area (Å²) >= 11 is 0. The first-order chi connectivity index (χ1) is 22.8. The third-order valence-corrected chi connectivity index (χ3v) is 12.0. The first-order valence-corrected chi connectivity index (χ1v) is 21.7. The zero-order valence-electron chi connectivity index (χ0n) is 34.6. The lowest BCUT2D eigenvalue weighted by Crippen LogP contribution is -2.45. The van der Waals surface area contributed by atoms with Crippen molar-refractivity contribution in [3.8, 4) is 0 Å². The summed E-state index contributed by atoms with van der Waals surface area (Å²) in [6, 6.07) is 0. The number of aliphatic hydroxyl groups is 1. The van der Waals surface area contributed by atoms with Gasteiger partial charge in [-0.3, -0.25) is 0 Å². The van der Waals surface area contributed by atoms with Gasteiger partial charge in [0.15, 0.2) is 5.79 Å². The maximum atomic E-state index is 9.69. The number of rotatable bonds is 31. The van der Waals surface area contributed by atoms with E-state index in [4.69, 9.17) is 9.47 Å². The second-order valence-electron chi connectivity index (χ2n) is 18.7. The highest BCUT2D eigenvalue weighted by Gasteiger charge is 2.37. The monoisotopic (exact) mass is 679 g/mol. The van der Waals surface area contributed by atoms with Gasteiger partial charge in [0.2, 0.25) is 0 Å². The Hall–Kier alpha value is -0.120. The molecule has 0 radical (unpaired) electrons. The van der Waals surface area contributed by atoms with Gasteiger partial charge in [0, 0.05) is 18.8 Å². The van der Waals surface area contributed by atoms with Crippen molar-refractivity contribution in [3.63, 3.8) is 0 Å². The van der Waals surface area contributed by atoms with Gasteiger partial charge in [0.05, 0.1) is 19.8 Å². The molecule has 6 atom stereocenters. The summed E-state index contributed by atoms with van der Waals surface area (Å²) < 4.78 is 12.9. The fourth-order valence-corrected chi connectivity index (χ4v) is 7.96. The Bertz CT molecular complexity index is 661. The van der Waals surface area contributed by atoms with Gasteiger partial charge in [0.1, 0.15) is 0 Å². The van der Waals surface area contributed by atoms with E-state index in [2.05, 4.69) is 69.2 Å². The molecule has 0 bridgehead atoms. The fourth-order valence-electron chi connectivity index (χ4n) is 7.96. The third kappa shape index (κ3) is 24.1. The van der Waals surface area contributed by atoms with Crippen LogP contribution in [0.15, 0.2) is 0 Å². The number of ether oxygens (including phenoxy) is 2. The normalized spacial score (nSPS) is 22.6. The van der Waals surface area contributed by atoms with Crippen molar-refractivity contribution in [3.05, 3.63) is 0 Å². The standard InChI is InChI=1S/C45H90O3/c1-36(2)17-11-19-38(5)21-13-23-40(7)25-15-27-42(9)29-31-45(47-34-44(33-46)35-48-45)32-30-43(10)28-16-26-41(8)24-14-22-39(6)20-12-18-37(3)4/h36-44,46H,11-35H2,1-10H3. The van der Waals surface area contributed by atoms with E-state index in [0.717, 1.165) is 48.3 Å². The average molecular weight is 679 g/mol. The minimum absolute atomic E-state index is 0.127. The summed E-state index contributed by atoms with van der Waals surface area (Å²) in [6.45, 7) is 25.6. The maximum Gasteiger partial charge on any atom is 0.168 e. The van der Waals surface area contributed by atoms with Crippen molar-refractivity contribution in [1.29, 1.82) is 0 Å². The minimum atomic E-state index is -0.438. The molecule has 0 aromatic carbocycles. The number of hydrogen-bond acceptors (Lipinski definition) is 3. The summed E-state index contributed by atoms with van der Waals surface area (Å²) in [5.74, 6) is 6.29. The van der Waals surface area contributed by atoms with Crippen LogP contribution in [-0.2, 0) is 9.47 Å². The molecule has 0 aromatic heterocycles. The van der Waals surface area contributed by atoms with E-state index in [1.54, 1.807) is 0 Å². The van der Waals surface area contributed by atoms with Crippen LogP contribution in [0.4, 0.5) is 0 Å². The van der Waals surface area contributed by atoms with Crippen LogP contribution in [0, 0.1) is 53.3 Å². The first-order valence-electron chi connectivity index (χ1n) is 21.7. The largest absolute Gasteiger partial charge is 0.396 e. The van der Waals surface area contributed by atoms with Gasteiger partial charge in [-0.05, 0) is 60.2 Å². The molecular weight excluding hydrogens is 588 g/mol. The van der Waals surface area contributed by atoms with E-state index in [1.807, 2.05) is 0 Å². The molecule has 1 N–H and O–H groups in total. The molecule has 1 saturated heterocycles. The lowest BCUT2D eigenvalue weighted by Gasteiger charge is -2.41. The topological polar surface area (TPSA) is 38.7 Å². The quantitative estimate of drug-likeness (QED) is 0.0793. The Morgan fingerprint density at radius 2 is 0.667 bits per heavy atom. The van der Waals surface area contributed by atoms with Crippen LogP contribution in [0.5, 0.6) is 0 Å². The number of hydrogen-bond donors (Lipinski definition) is 1. The van der Waals surface area contributed by atoms with Crippen molar-refractivity contribution < 1.29 is 14.6 Å². The molecule has 1 heterocycles. The van der Waals surface area contributed by atoms with E-state index in [9.17, 15) is 5.11 Å². The molecule has 1 aliphatic rings. The van der Waals surface area contributed by atoms with Crippen molar-refractivity contribution in [1.82, 2.24) is 0 Å². The Balaban J connectivity index is 2.31. The molecule has 1 rings (SSSR count). The first kappa shape index (κ1) is 45.9. The number of aliphatic hydroxyl groups excluding tert-OH is 1. The minimum Gasteiger partial charge on any atom is -0.396 e. The van der Waals surface area contributed by atoms with Gasteiger partial charge in [-0.25, -0.2) is 0 Å². The smallest absolute Gasteiger partial charge is 0.168 e. The van der Waals surface area contributed by atoms with Crippen LogP contribution >= 0.6 is 0 Å². The fraction of sp³-hybridized carbons (Fsp3) is 1.00. The highest BCUT2D eigenvalue weighted by Crippen LogP contribution is 2.35. The average Bonchev–Trinajstić information content (AvgIpc) is 3.03. The van der Waals surface area contributed by atoms with Crippen molar-refractivity contribution in [2.75, 3.05) is 19.8 Å². The highest BCUT2D eigenvalue weighted by atomic mass is 16.7. The van der Waals surface area contributed by atoms with Gasteiger partial charge < -0.3 is 14.6 Å². The molecule has 6 unspecified atom stereocenters. The Labute approximate surface area is 303 Å². The van der Waals surface area contributed by atoms with Crippen molar-refractivity contribution in [2.45, 2.75) is 216 Å². The summed E-state index contributed by atoms with van der Waals surface area (Å²) in [7, 11) is 0. The molecule has 0 spiro atoms. The van der Waals surface area contributed by atoms with Gasteiger partial charge in [0.25, 0.3) is 0 Å². The van der Waals surface area contributed by atoms with Gasteiger partial charge in [-0.1, -0.05) is 185 Å². The molecule has 3 heteroatoms. The SMILES string of the molecule is CC(C)CCCC(C)CCCC(C)CCCC(C)CCC1(CCC(C)CCCC(C)CCCC(C)CCCC(C)C)OCC(CO)CO1. The third-order valence-electron chi connectivity index (χ3n) is 12.0. The lowest BCUT2D eigenvalue weighted by atomic mass is 9.88. The second kappa shape index (κ2) is 27.5. The molecule has 0 aliphatic carbocycles. The van der Waals surface area contributed by atoms with Crippen molar-refractivity contribution >= 4 is 0 Å². The summed E-state index contributed by atoms with van der Waals surface area (Å²) in [6.07, 6.45) is 29.2. The van der Waals surface area contributed by atoms with E-state index in [0.29, 0.717) is 25.0 Å². The Morgan fingerprint density at radius 3 is 0.917 bits per heavy atom. The van der Waals surface area contributed by atoms with Crippen LogP contribution in [0.1, 0.15) is 210 Å². The van der Waals surface area contributed by atoms with Crippen LogP contribution in [0.2, 0.25) is 0 Å². The molecule has 0 amide bonds. The highest BCUT2D eigenvalue weighted by molar-refractivity contribution is 4.79. The van der Waals surface area contributed by atoms with Gasteiger partial charge in [-0.2, -0.15) is 0 Å². The molecule has 0 aromatic rings. The summed E-state index contributed by atoms with van der Waals surface area (Å²) in [5, 5.41) is 9.69. The zero-order valence-corrected chi connectivity index (χ0v) is 34.6. The predicted octanol–water partition coefficient (Wildman–Crippen LogP) is 14.0. The maximum absolute atomic E-state index is 9.69. The van der Waals surface area contributed by atoms with E-state index < -0.39 is 5.79 Å². The molecule has 288 valence electrons. The molecule has 1 fully saturated rings. The van der Waals surface area contributed by atoms with E-state index in [-0.39, 0.29) is 12.5 Å². The molecule has 48 heavy (non-hydrogen) atoms. The molecule has 0 saturated carbocycles. The second-order valence-corrected chi connectivity index (χ2v) is 18.7. The zero-order chi connectivity index (χ0) is 35.8. The van der Waals surface area contributed by atoms with Crippen LogP contribution in [-0.4, -0.2) is 30.7 Å². The predicted molar refractivity (Wildman–Crippen MR) is 211 cm³/mol. The van der Waals surface area contributed by atoms with Crippen LogP contribution < -0.4 is 0 Å². The summed E-state index contributed by atoms with van der Waals surface area (Å²) in [5.41, 5.74) is 0. The molecule has 1 aliphatic heterocycles. The Kier molecular flexibility index (Phi) is 26.3. The van der Waals surface area contributed by atoms with E-state index in [1.165, 1.54) is 128 Å². The van der Waals surface area contributed by atoms with E-state index >= 15 is 0 Å². The summed E-state index contributed by atoms with van der Waals surface area (Å²) in [4.78, 5) is 0.